The Morgan fingerprint density at radius 2 is 1.83 bits per heavy atom. The first-order valence-electron chi connectivity index (χ1n) is 10.7. The van der Waals surface area contributed by atoms with Crippen molar-refractivity contribution in [1.29, 1.82) is 0 Å². The zero-order chi connectivity index (χ0) is 21.3. The molecule has 2 aliphatic rings. The molecule has 0 radical (unpaired) electrons. The van der Waals surface area contributed by atoms with Crippen LogP contribution in [0.25, 0.3) is 0 Å². The number of carbonyl (C=O) groups excluding carboxylic acids is 1. The van der Waals surface area contributed by atoms with E-state index in [2.05, 4.69) is 18.7 Å². The molecule has 0 N–H and O–H groups in total. The second kappa shape index (κ2) is 12.6. The van der Waals surface area contributed by atoms with Gasteiger partial charge in [0.05, 0.1) is 15.0 Å². The van der Waals surface area contributed by atoms with Crippen LogP contribution in [0, 0.1) is 0 Å². The number of ketones is 1. The minimum Gasteiger partial charge on any atom is -0.303 e. The van der Waals surface area contributed by atoms with Gasteiger partial charge in [-0.15, -0.1) is 20.7 Å². The number of Topliss-reactive ketones (excluding diaryl/α,β-unsaturated/α-hetero) is 1. The Morgan fingerprint density at radius 3 is 2.52 bits per heavy atom. The van der Waals surface area contributed by atoms with Crippen LogP contribution in [-0.2, 0) is 14.8 Å². The molecule has 29 heavy (non-hydrogen) atoms. The van der Waals surface area contributed by atoms with Crippen LogP contribution < -0.4 is 0 Å². The highest BCUT2D eigenvalue weighted by Crippen LogP contribution is 2.27. The maximum Gasteiger partial charge on any atom is 0.235 e. The zero-order valence-electron chi connectivity index (χ0n) is 17.6. The van der Waals surface area contributed by atoms with Crippen LogP contribution in [0.3, 0.4) is 0 Å². The number of nitrogens with zero attached hydrogens (tertiary/aromatic N) is 2. The van der Waals surface area contributed by atoms with E-state index in [1.807, 2.05) is 0 Å². The molecular weight excluding hydrogens is 523 g/mol. The largest absolute Gasteiger partial charge is 0.303 e. The average Bonchev–Trinajstić information content (AvgIpc) is 2.64. The number of hydrogen-bond donors (Lipinski definition) is 0. The second-order valence-corrected chi connectivity index (χ2v) is 12.9. The van der Waals surface area contributed by atoms with Crippen molar-refractivity contribution in [3.63, 3.8) is 0 Å². The number of rotatable bonds is 9. The van der Waals surface area contributed by atoms with Crippen LogP contribution in [-0.4, -0.2) is 63.3 Å². The summed E-state index contributed by atoms with van der Waals surface area (Å²) in [6.45, 7) is 7.55. The monoisotopic (exact) mass is 556 g/mol. The van der Waals surface area contributed by atoms with Gasteiger partial charge in [-0.3, -0.25) is 9.10 Å². The Morgan fingerprint density at radius 1 is 1.10 bits per heavy atom. The molecule has 0 bridgehead atoms. The first-order valence-corrected chi connectivity index (χ1v) is 15.3. The van der Waals surface area contributed by atoms with Crippen molar-refractivity contribution in [3.8, 4) is 0 Å². The Hall–Kier alpha value is -0.250. The number of sulfonamides is 1. The van der Waals surface area contributed by atoms with Gasteiger partial charge >= 0.3 is 0 Å². The molecule has 0 aliphatic carbocycles. The number of carbonyl (C=O) groups is 1. The predicted octanol–water partition coefficient (Wildman–Crippen LogP) is 4.44. The van der Waals surface area contributed by atoms with Crippen LogP contribution in [0.2, 0.25) is 0 Å². The minimum atomic E-state index is -3.48. The molecule has 0 spiro atoms. The minimum absolute atomic E-state index is 0.117. The molecule has 2 rings (SSSR count). The Labute approximate surface area is 191 Å². The topological polar surface area (TPSA) is 57.7 Å². The van der Waals surface area contributed by atoms with Crippen LogP contribution in [0.15, 0.2) is 22.9 Å². The zero-order valence-corrected chi connectivity index (χ0v) is 21.4. The molecular formula is C21H34ClIN2O3S. The van der Waals surface area contributed by atoms with E-state index < -0.39 is 30.8 Å². The third-order valence-electron chi connectivity index (χ3n) is 5.03. The van der Waals surface area contributed by atoms with Gasteiger partial charge < -0.3 is 4.90 Å². The Kier molecular flexibility index (Phi) is 10.8. The normalized spacial score (nSPS) is 19.1. The molecule has 0 amide bonds. The molecule has 0 atom stereocenters. The molecule has 8 heteroatoms. The SMILES string of the molecule is CCCN(CCC)CCCS(=O)(=O)N1CCCCC(=O)C2=ICCC(Cl)=CC=C21. The highest BCUT2D eigenvalue weighted by atomic mass is 127. The third kappa shape index (κ3) is 7.74. The van der Waals surface area contributed by atoms with E-state index in [1.165, 1.54) is 4.31 Å². The lowest BCUT2D eigenvalue weighted by Crippen LogP contribution is -2.40. The van der Waals surface area contributed by atoms with Crippen molar-refractivity contribution in [2.24, 2.45) is 0 Å². The Bertz CT molecular complexity index is 756. The van der Waals surface area contributed by atoms with Gasteiger partial charge in [0, 0.05) is 22.4 Å². The molecule has 0 saturated carbocycles. The lowest BCUT2D eigenvalue weighted by atomic mass is 10.1. The fourth-order valence-electron chi connectivity index (χ4n) is 3.65. The van der Waals surface area contributed by atoms with Gasteiger partial charge in [0.25, 0.3) is 0 Å². The summed E-state index contributed by atoms with van der Waals surface area (Å²) in [7, 11) is -3.48. The molecule has 0 aromatic rings. The lowest BCUT2D eigenvalue weighted by molar-refractivity contribution is -0.112. The van der Waals surface area contributed by atoms with Crippen LogP contribution in [0.4, 0.5) is 0 Å². The van der Waals surface area contributed by atoms with Crippen LogP contribution in [0.5, 0.6) is 0 Å². The van der Waals surface area contributed by atoms with Crippen molar-refractivity contribution < 1.29 is 13.2 Å². The van der Waals surface area contributed by atoms with Gasteiger partial charge in [0.1, 0.15) is 0 Å². The summed E-state index contributed by atoms with van der Waals surface area (Å²) in [6, 6.07) is 0. The summed E-state index contributed by atoms with van der Waals surface area (Å²) >= 11 is 5.70. The number of hydrogen-bond acceptors (Lipinski definition) is 4. The van der Waals surface area contributed by atoms with Crippen molar-refractivity contribution >= 4 is 51.6 Å². The second-order valence-electron chi connectivity index (χ2n) is 7.52. The molecule has 1 fully saturated rings. The number of halogens is 2. The van der Waals surface area contributed by atoms with E-state index in [-0.39, 0.29) is 11.5 Å². The van der Waals surface area contributed by atoms with Crippen molar-refractivity contribution in [3.05, 3.63) is 22.9 Å². The van der Waals surface area contributed by atoms with E-state index in [1.54, 1.807) is 12.2 Å². The average molecular weight is 557 g/mol. The van der Waals surface area contributed by atoms with Gasteiger partial charge in [-0.2, -0.15) is 0 Å². The first kappa shape index (κ1) is 25.0. The molecule has 5 nitrogen and oxygen atoms in total. The summed E-state index contributed by atoms with van der Waals surface area (Å²) in [5.41, 5.74) is 0.597. The molecule has 0 unspecified atom stereocenters. The quantitative estimate of drug-likeness (QED) is 0.311. The molecule has 1 saturated heterocycles. The fraction of sp³-hybridized carbons (Fsp3) is 0.714. The highest BCUT2D eigenvalue weighted by molar-refractivity contribution is 14.2. The predicted molar refractivity (Wildman–Crippen MR) is 132 cm³/mol. The Balaban J connectivity index is 2.22. The van der Waals surface area contributed by atoms with E-state index in [0.29, 0.717) is 31.5 Å². The van der Waals surface area contributed by atoms with Gasteiger partial charge in [-0.25, -0.2) is 8.42 Å². The summed E-state index contributed by atoms with van der Waals surface area (Å²) in [4.78, 5) is 15.1. The third-order valence-corrected chi connectivity index (χ3v) is 10.2. The fourth-order valence-corrected chi connectivity index (χ4v) is 8.81. The van der Waals surface area contributed by atoms with Gasteiger partial charge in [-0.1, -0.05) is 25.4 Å². The van der Waals surface area contributed by atoms with Crippen molar-refractivity contribution in [1.82, 2.24) is 9.21 Å². The molecule has 2 aliphatic heterocycles. The summed E-state index contributed by atoms with van der Waals surface area (Å²) in [6.07, 6.45) is 9.08. The number of alkyl halides is 1. The standard InChI is InChI=1S/C21H34ClIN2O3S/c1-3-13-24(14-4-2)15-7-17-29(27,28)25-16-6-5-8-20(26)21-19(25)10-9-18(22)11-12-23-21/h9-10H,3-8,11-17H2,1-2H3. The summed E-state index contributed by atoms with van der Waals surface area (Å²) < 4.78 is 29.8. The van der Waals surface area contributed by atoms with E-state index in [9.17, 15) is 13.2 Å². The van der Waals surface area contributed by atoms with Crippen molar-refractivity contribution in [2.45, 2.75) is 58.8 Å². The van der Waals surface area contributed by atoms with Crippen LogP contribution in [0.1, 0.15) is 58.8 Å². The lowest BCUT2D eigenvalue weighted by Gasteiger charge is -2.30. The maximum absolute atomic E-state index is 13.3. The van der Waals surface area contributed by atoms with E-state index in [0.717, 1.165) is 58.3 Å². The molecule has 0 aromatic heterocycles. The van der Waals surface area contributed by atoms with Gasteiger partial charge in [0.2, 0.25) is 10.0 Å². The summed E-state index contributed by atoms with van der Waals surface area (Å²) in [5, 5.41) is 0.734. The van der Waals surface area contributed by atoms with E-state index in [4.69, 9.17) is 11.6 Å². The van der Waals surface area contributed by atoms with E-state index >= 15 is 0 Å². The molecule has 0 aromatic carbocycles. The maximum atomic E-state index is 13.3. The number of allylic oxidation sites excluding steroid dienone is 4. The summed E-state index contributed by atoms with van der Waals surface area (Å²) in [5.74, 6) is 0.248. The van der Waals surface area contributed by atoms with Crippen molar-refractivity contribution in [2.75, 3.05) is 36.4 Å². The van der Waals surface area contributed by atoms with Crippen LogP contribution >= 0.6 is 32.3 Å². The van der Waals surface area contributed by atoms with Gasteiger partial charge in [-0.05, 0) is 70.3 Å². The smallest absolute Gasteiger partial charge is 0.235 e. The number of fused-ring (bicyclic) bond motifs is 1. The highest BCUT2D eigenvalue weighted by Gasteiger charge is 2.30. The first-order chi connectivity index (χ1) is 13.9. The van der Waals surface area contributed by atoms with Gasteiger partial charge in [0.15, 0.2) is 5.78 Å². The molecule has 2 heterocycles. The molecule has 166 valence electrons.